The van der Waals surface area contributed by atoms with E-state index < -0.39 is 0 Å². The van der Waals surface area contributed by atoms with Crippen LogP contribution in [0.5, 0.6) is 0 Å². The number of amides is 1. The third kappa shape index (κ3) is 6.04. The van der Waals surface area contributed by atoms with E-state index in [4.69, 9.17) is 16.0 Å². The van der Waals surface area contributed by atoms with Crippen LogP contribution in [0.3, 0.4) is 0 Å². The molecule has 0 saturated carbocycles. The Hall–Kier alpha value is -1.53. The number of nitrogens with zero attached hydrogens (tertiary/aromatic N) is 3. The molecule has 136 valence electrons. The molecule has 0 radical (unpaired) electrons. The van der Waals surface area contributed by atoms with E-state index in [2.05, 4.69) is 31.0 Å². The molecule has 0 unspecified atom stereocenters. The fourth-order valence-electron chi connectivity index (χ4n) is 2.16. The van der Waals surface area contributed by atoms with Crippen LogP contribution < -0.4 is 0 Å². The molecule has 25 heavy (non-hydrogen) atoms. The average Bonchev–Trinajstić information content (AvgIpc) is 3.00. The van der Waals surface area contributed by atoms with Gasteiger partial charge in [0, 0.05) is 11.3 Å². The van der Waals surface area contributed by atoms with Gasteiger partial charge in [0.15, 0.2) is 0 Å². The number of halogens is 1. The van der Waals surface area contributed by atoms with Crippen LogP contribution in [0.4, 0.5) is 0 Å². The zero-order valence-corrected chi connectivity index (χ0v) is 16.7. The molecule has 0 atom stereocenters. The first kappa shape index (κ1) is 19.8. The third-order valence-corrected chi connectivity index (χ3v) is 4.96. The molecule has 0 N–H and O–H groups in total. The Bertz CT molecular complexity index is 712. The summed E-state index contributed by atoms with van der Waals surface area (Å²) in [5.74, 6) is 1.31. The Kier molecular flexibility index (Phi) is 6.90. The lowest BCUT2D eigenvalue weighted by Gasteiger charge is -2.23. The van der Waals surface area contributed by atoms with Gasteiger partial charge in [-0.2, -0.15) is 0 Å². The van der Waals surface area contributed by atoms with Crippen molar-refractivity contribution in [3.8, 4) is 11.5 Å². The molecule has 5 nitrogen and oxygen atoms in total. The number of rotatable bonds is 7. The van der Waals surface area contributed by atoms with Crippen LogP contribution in [-0.2, 0) is 11.3 Å². The summed E-state index contributed by atoms with van der Waals surface area (Å²) in [7, 11) is 0. The quantitative estimate of drug-likeness (QED) is 0.698. The monoisotopic (exact) mass is 381 g/mol. The van der Waals surface area contributed by atoms with Gasteiger partial charge in [-0.25, -0.2) is 0 Å². The van der Waals surface area contributed by atoms with Gasteiger partial charge in [0.1, 0.15) is 0 Å². The van der Waals surface area contributed by atoms with E-state index in [0.29, 0.717) is 41.2 Å². The predicted octanol–water partition coefficient (Wildman–Crippen LogP) is 4.66. The molecule has 0 spiro atoms. The number of carbonyl (C=O) groups excluding carboxylic acids is 1. The highest BCUT2D eigenvalue weighted by Crippen LogP contribution is 2.27. The summed E-state index contributed by atoms with van der Waals surface area (Å²) in [5.41, 5.74) is 0.694. The molecule has 0 aliphatic rings. The van der Waals surface area contributed by atoms with Crippen molar-refractivity contribution in [2.45, 2.75) is 45.4 Å². The third-order valence-electron chi connectivity index (χ3n) is 3.37. The number of hydrogen-bond donors (Lipinski definition) is 0. The van der Waals surface area contributed by atoms with Crippen molar-refractivity contribution in [1.82, 2.24) is 15.1 Å². The first-order valence-corrected chi connectivity index (χ1v) is 9.65. The Morgan fingerprint density at radius 2 is 2.00 bits per heavy atom. The van der Waals surface area contributed by atoms with Gasteiger partial charge in [-0.1, -0.05) is 51.4 Å². The molecule has 1 heterocycles. The van der Waals surface area contributed by atoms with E-state index >= 15 is 0 Å². The lowest BCUT2D eigenvalue weighted by atomic mass is 10.2. The van der Waals surface area contributed by atoms with Gasteiger partial charge in [-0.3, -0.25) is 4.79 Å². The van der Waals surface area contributed by atoms with E-state index in [-0.39, 0.29) is 10.7 Å². The number of benzene rings is 1. The summed E-state index contributed by atoms with van der Waals surface area (Å²) in [5, 5.41) is 8.69. The maximum atomic E-state index is 12.5. The fourth-order valence-corrected chi connectivity index (χ4v) is 3.11. The average molecular weight is 382 g/mol. The lowest BCUT2D eigenvalue weighted by Crippen LogP contribution is -2.33. The summed E-state index contributed by atoms with van der Waals surface area (Å²) >= 11 is 7.80. The molecule has 2 rings (SSSR count). The summed E-state index contributed by atoms with van der Waals surface area (Å²) in [6.45, 7) is 9.32. The van der Waals surface area contributed by atoms with Crippen molar-refractivity contribution in [2.24, 2.45) is 0 Å². The standard InChI is InChI=1S/C18H24ClN3O2S/c1-5-10-22(16(23)12-25-18(2,3)4)11-15-20-21-17(24-15)13-8-6-7-9-14(13)19/h6-9H,5,10-12H2,1-4H3. The Balaban J connectivity index is 2.07. The van der Waals surface area contributed by atoms with Gasteiger partial charge in [-0.05, 0) is 18.6 Å². The molecule has 0 aliphatic heterocycles. The molecule has 1 aromatic heterocycles. The van der Waals surface area contributed by atoms with Gasteiger partial charge in [0.2, 0.25) is 17.7 Å². The van der Waals surface area contributed by atoms with E-state index in [0.717, 1.165) is 6.42 Å². The van der Waals surface area contributed by atoms with Gasteiger partial charge >= 0.3 is 0 Å². The molecule has 1 amide bonds. The van der Waals surface area contributed by atoms with Crippen molar-refractivity contribution >= 4 is 29.3 Å². The summed E-state index contributed by atoms with van der Waals surface area (Å²) in [6.07, 6.45) is 0.872. The second-order valence-electron chi connectivity index (χ2n) is 6.70. The first-order chi connectivity index (χ1) is 11.8. The highest BCUT2D eigenvalue weighted by atomic mass is 35.5. The van der Waals surface area contributed by atoms with Crippen molar-refractivity contribution in [1.29, 1.82) is 0 Å². The van der Waals surface area contributed by atoms with Gasteiger partial charge < -0.3 is 9.32 Å². The van der Waals surface area contributed by atoms with Crippen LogP contribution in [0.25, 0.3) is 11.5 Å². The maximum Gasteiger partial charge on any atom is 0.249 e. The largest absolute Gasteiger partial charge is 0.419 e. The minimum atomic E-state index is 0.0509. The highest BCUT2D eigenvalue weighted by molar-refractivity contribution is 8.01. The van der Waals surface area contributed by atoms with Crippen LogP contribution in [-0.4, -0.2) is 38.0 Å². The smallest absolute Gasteiger partial charge is 0.249 e. The SMILES string of the molecule is CCCN(Cc1nnc(-c2ccccc2Cl)o1)C(=O)CSC(C)(C)C. The van der Waals surface area contributed by atoms with Crippen molar-refractivity contribution in [3.05, 3.63) is 35.2 Å². The molecular weight excluding hydrogens is 358 g/mol. The van der Waals surface area contributed by atoms with Gasteiger partial charge in [0.25, 0.3) is 0 Å². The van der Waals surface area contributed by atoms with Crippen LogP contribution in [0.15, 0.2) is 28.7 Å². The summed E-state index contributed by atoms with van der Waals surface area (Å²) in [6, 6.07) is 7.31. The minimum absolute atomic E-state index is 0.0509. The van der Waals surface area contributed by atoms with Crippen LogP contribution in [0.1, 0.15) is 40.0 Å². The van der Waals surface area contributed by atoms with Crippen molar-refractivity contribution in [3.63, 3.8) is 0 Å². The van der Waals surface area contributed by atoms with Crippen molar-refractivity contribution < 1.29 is 9.21 Å². The molecule has 7 heteroatoms. The van der Waals surface area contributed by atoms with E-state index in [1.54, 1.807) is 22.7 Å². The maximum absolute atomic E-state index is 12.5. The Morgan fingerprint density at radius 1 is 1.28 bits per heavy atom. The zero-order valence-electron chi connectivity index (χ0n) is 15.1. The first-order valence-electron chi connectivity index (χ1n) is 8.29. The van der Waals surface area contributed by atoms with E-state index in [9.17, 15) is 4.79 Å². The zero-order chi connectivity index (χ0) is 18.4. The number of thioether (sulfide) groups is 1. The Labute approximate surface area is 158 Å². The Morgan fingerprint density at radius 3 is 2.64 bits per heavy atom. The molecule has 0 aliphatic carbocycles. The molecule has 0 saturated heterocycles. The van der Waals surface area contributed by atoms with E-state index in [1.807, 2.05) is 25.1 Å². The molecular formula is C18H24ClN3O2S. The molecule has 0 bridgehead atoms. The van der Waals surface area contributed by atoms with Gasteiger partial charge in [0.05, 0.1) is 22.9 Å². The molecule has 2 aromatic rings. The lowest BCUT2D eigenvalue weighted by molar-refractivity contribution is -0.129. The number of hydrogen-bond acceptors (Lipinski definition) is 5. The van der Waals surface area contributed by atoms with Gasteiger partial charge in [-0.15, -0.1) is 22.0 Å². The van der Waals surface area contributed by atoms with Crippen LogP contribution in [0.2, 0.25) is 5.02 Å². The predicted molar refractivity (Wildman–Crippen MR) is 103 cm³/mol. The normalized spacial score (nSPS) is 11.6. The number of carbonyl (C=O) groups is 1. The summed E-state index contributed by atoms with van der Waals surface area (Å²) < 4.78 is 5.77. The van der Waals surface area contributed by atoms with Crippen molar-refractivity contribution in [2.75, 3.05) is 12.3 Å². The topological polar surface area (TPSA) is 59.2 Å². The highest BCUT2D eigenvalue weighted by Gasteiger charge is 2.20. The molecule has 0 fully saturated rings. The fraction of sp³-hybridized carbons (Fsp3) is 0.500. The molecule has 1 aromatic carbocycles. The van der Waals surface area contributed by atoms with Crippen LogP contribution >= 0.6 is 23.4 Å². The second-order valence-corrected chi connectivity index (χ2v) is 8.91. The number of aromatic nitrogens is 2. The summed E-state index contributed by atoms with van der Waals surface area (Å²) in [4.78, 5) is 14.3. The van der Waals surface area contributed by atoms with E-state index in [1.165, 1.54) is 0 Å². The minimum Gasteiger partial charge on any atom is -0.419 e. The second kappa shape index (κ2) is 8.72. The van der Waals surface area contributed by atoms with Crippen LogP contribution in [0, 0.1) is 0 Å².